The maximum Gasteiger partial charge on any atom is 0.228 e. The molecule has 1 saturated heterocycles. The van der Waals surface area contributed by atoms with Crippen LogP contribution < -0.4 is 10.6 Å². The summed E-state index contributed by atoms with van der Waals surface area (Å²) in [6, 6.07) is 3.55. The van der Waals surface area contributed by atoms with E-state index in [9.17, 15) is 4.79 Å². The summed E-state index contributed by atoms with van der Waals surface area (Å²) in [6.45, 7) is 3.80. The van der Waals surface area contributed by atoms with Gasteiger partial charge in [-0.3, -0.25) is 4.79 Å². The van der Waals surface area contributed by atoms with Crippen molar-refractivity contribution in [1.82, 2.24) is 19.9 Å². The van der Waals surface area contributed by atoms with E-state index < -0.39 is 0 Å². The van der Waals surface area contributed by atoms with Crippen LogP contribution in [0.25, 0.3) is 5.65 Å². The Balaban J connectivity index is 0.00000133. The van der Waals surface area contributed by atoms with E-state index in [1.54, 1.807) is 29.0 Å². The van der Waals surface area contributed by atoms with E-state index in [-0.39, 0.29) is 24.2 Å². The fourth-order valence-corrected chi connectivity index (χ4v) is 2.05. The zero-order chi connectivity index (χ0) is 12.5. The van der Waals surface area contributed by atoms with E-state index in [4.69, 9.17) is 0 Å². The molecule has 1 amide bonds. The SMILES string of the molecule is CC(C(=O)Nc1ccnc2ccnn12)C1CNC1.Cl. The van der Waals surface area contributed by atoms with Crippen molar-refractivity contribution in [3.63, 3.8) is 0 Å². The average Bonchev–Trinajstić information content (AvgIpc) is 2.75. The summed E-state index contributed by atoms with van der Waals surface area (Å²) in [7, 11) is 0. The van der Waals surface area contributed by atoms with Crippen LogP contribution in [0.1, 0.15) is 6.92 Å². The number of hydrogen-bond acceptors (Lipinski definition) is 4. The van der Waals surface area contributed by atoms with Crippen molar-refractivity contribution in [3.8, 4) is 0 Å². The van der Waals surface area contributed by atoms with Gasteiger partial charge in [-0.25, -0.2) is 4.98 Å². The number of anilines is 1. The third kappa shape index (κ3) is 2.54. The summed E-state index contributed by atoms with van der Waals surface area (Å²) in [5.41, 5.74) is 0.728. The highest BCUT2D eigenvalue weighted by molar-refractivity contribution is 5.92. The second-order valence-corrected chi connectivity index (χ2v) is 4.63. The molecule has 6 nitrogen and oxygen atoms in total. The summed E-state index contributed by atoms with van der Waals surface area (Å²) in [5.74, 6) is 1.13. The molecule has 0 saturated carbocycles. The molecule has 0 radical (unpaired) electrons. The fraction of sp³-hybridized carbons (Fsp3) is 0.417. The predicted molar refractivity (Wildman–Crippen MR) is 74.4 cm³/mol. The Labute approximate surface area is 117 Å². The molecule has 2 aromatic rings. The lowest BCUT2D eigenvalue weighted by Gasteiger charge is -2.31. The van der Waals surface area contributed by atoms with E-state index >= 15 is 0 Å². The van der Waals surface area contributed by atoms with Crippen LogP contribution in [0.3, 0.4) is 0 Å². The van der Waals surface area contributed by atoms with Crippen LogP contribution >= 0.6 is 12.4 Å². The quantitative estimate of drug-likeness (QED) is 0.879. The van der Waals surface area contributed by atoms with Crippen molar-refractivity contribution >= 4 is 29.8 Å². The highest BCUT2D eigenvalue weighted by atomic mass is 35.5. The summed E-state index contributed by atoms with van der Waals surface area (Å²) < 4.78 is 1.63. The topological polar surface area (TPSA) is 71.3 Å². The van der Waals surface area contributed by atoms with Gasteiger partial charge in [0.05, 0.1) is 6.20 Å². The Morgan fingerprint density at radius 2 is 2.26 bits per heavy atom. The minimum atomic E-state index is 0. The van der Waals surface area contributed by atoms with Crippen molar-refractivity contribution in [3.05, 3.63) is 24.5 Å². The van der Waals surface area contributed by atoms with Crippen molar-refractivity contribution in [1.29, 1.82) is 0 Å². The van der Waals surface area contributed by atoms with Gasteiger partial charge >= 0.3 is 0 Å². The Bertz CT molecular complexity index is 580. The molecule has 1 aliphatic rings. The van der Waals surface area contributed by atoms with Gasteiger partial charge < -0.3 is 10.6 Å². The van der Waals surface area contributed by atoms with Crippen LogP contribution in [0, 0.1) is 11.8 Å². The van der Waals surface area contributed by atoms with Crippen molar-refractivity contribution in [2.24, 2.45) is 11.8 Å². The van der Waals surface area contributed by atoms with Gasteiger partial charge in [0.1, 0.15) is 5.82 Å². The smallest absolute Gasteiger partial charge is 0.228 e. The normalized spacial score (nSPS) is 16.5. The van der Waals surface area contributed by atoms with Gasteiger partial charge in [0.15, 0.2) is 5.65 Å². The van der Waals surface area contributed by atoms with Gasteiger partial charge in [-0.1, -0.05) is 6.92 Å². The Morgan fingerprint density at radius 3 is 2.95 bits per heavy atom. The molecule has 0 bridgehead atoms. The highest BCUT2D eigenvalue weighted by Gasteiger charge is 2.28. The molecule has 102 valence electrons. The molecule has 2 N–H and O–H groups in total. The largest absolute Gasteiger partial charge is 0.316 e. The van der Waals surface area contributed by atoms with Crippen molar-refractivity contribution in [2.45, 2.75) is 6.92 Å². The first-order valence-electron chi connectivity index (χ1n) is 6.06. The van der Waals surface area contributed by atoms with Gasteiger partial charge in [-0.05, 0) is 25.1 Å². The Kier molecular flexibility index (Phi) is 4.01. The summed E-state index contributed by atoms with van der Waals surface area (Å²) >= 11 is 0. The second kappa shape index (κ2) is 5.54. The minimum Gasteiger partial charge on any atom is -0.316 e. The molecule has 19 heavy (non-hydrogen) atoms. The number of nitrogens with zero attached hydrogens (tertiary/aromatic N) is 3. The number of aromatic nitrogens is 3. The van der Waals surface area contributed by atoms with Crippen molar-refractivity contribution in [2.75, 3.05) is 18.4 Å². The van der Waals surface area contributed by atoms with Gasteiger partial charge in [0, 0.05) is 18.2 Å². The summed E-state index contributed by atoms with van der Waals surface area (Å²) in [4.78, 5) is 16.3. The number of hydrogen-bond donors (Lipinski definition) is 2. The first-order valence-corrected chi connectivity index (χ1v) is 6.06. The Morgan fingerprint density at radius 1 is 1.47 bits per heavy atom. The van der Waals surface area contributed by atoms with E-state index in [2.05, 4.69) is 20.7 Å². The predicted octanol–water partition coefficient (Wildman–Crippen LogP) is 0.945. The molecule has 1 aliphatic heterocycles. The van der Waals surface area contributed by atoms with Gasteiger partial charge in [0.2, 0.25) is 5.91 Å². The maximum absolute atomic E-state index is 12.1. The van der Waals surface area contributed by atoms with Crippen LogP contribution in [0.15, 0.2) is 24.5 Å². The van der Waals surface area contributed by atoms with Crippen LogP contribution in [-0.4, -0.2) is 33.6 Å². The molecule has 0 spiro atoms. The summed E-state index contributed by atoms with van der Waals surface area (Å²) in [5, 5.41) is 10.2. The zero-order valence-corrected chi connectivity index (χ0v) is 11.4. The molecular formula is C12H16ClN5O. The van der Waals surface area contributed by atoms with E-state index in [0.29, 0.717) is 11.7 Å². The molecule has 2 aromatic heterocycles. The number of rotatable bonds is 3. The maximum atomic E-state index is 12.1. The van der Waals surface area contributed by atoms with Crippen LogP contribution in [0.4, 0.5) is 5.82 Å². The van der Waals surface area contributed by atoms with E-state index in [0.717, 1.165) is 18.7 Å². The lowest BCUT2D eigenvalue weighted by Crippen LogP contribution is -2.48. The lowest BCUT2D eigenvalue weighted by atomic mass is 9.88. The highest BCUT2D eigenvalue weighted by Crippen LogP contribution is 2.18. The average molecular weight is 282 g/mol. The third-order valence-electron chi connectivity index (χ3n) is 3.48. The fourth-order valence-electron chi connectivity index (χ4n) is 2.05. The van der Waals surface area contributed by atoms with Gasteiger partial charge in [0.25, 0.3) is 0 Å². The molecule has 0 aliphatic carbocycles. The van der Waals surface area contributed by atoms with Gasteiger partial charge in [-0.15, -0.1) is 12.4 Å². The number of halogens is 1. The standard InChI is InChI=1S/C12H15N5O.ClH/c1-8(9-6-13-7-9)12(18)16-11-2-4-14-10-3-5-15-17(10)11;/h2-5,8-9,13H,6-7H2,1H3,(H,16,18);1H. The van der Waals surface area contributed by atoms with Crippen LogP contribution in [0.2, 0.25) is 0 Å². The van der Waals surface area contributed by atoms with Crippen LogP contribution in [-0.2, 0) is 4.79 Å². The molecule has 7 heteroatoms. The lowest BCUT2D eigenvalue weighted by molar-refractivity contribution is -0.121. The monoisotopic (exact) mass is 281 g/mol. The number of amides is 1. The molecule has 1 unspecified atom stereocenters. The molecule has 1 atom stereocenters. The minimum absolute atomic E-state index is 0. The number of carbonyl (C=O) groups excluding carboxylic acids is 1. The van der Waals surface area contributed by atoms with E-state index in [1.165, 1.54) is 0 Å². The second-order valence-electron chi connectivity index (χ2n) is 4.63. The van der Waals surface area contributed by atoms with Gasteiger partial charge in [-0.2, -0.15) is 9.61 Å². The number of carbonyl (C=O) groups is 1. The number of fused-ring (bicyclic) bond motifs is 1. The summed E-state index contributed by atoms with van der Waals surface area (Å²) in [6.07, 6.45) is 3.33. The molecule has 3 heterocycles. The first-order chi connectivity index (χ1) is 8.75. The molecule has 1 fully saturated rings. The first kappa shape index (κ1) is 13.8. The molecular weight excluding hydrogens is 266 g/mol. The Hall–Kier alpha value is -1.66. The molecule has 3 rings (SSSR count). The molecule has 0 aromatic carbocycles. The number of nitrogens with one attached hydrogen (secondary N) is 2. The van der Waals surface area contributed by atoms with Crippen molar-refractivity contribution < 1.29 is 4.79 Å². The zero-order valence-electron chi connectivity index (χ0n) is 10.5. The third-order valence-corrected chi connectivity index (χ3v) is 3.48. The van der Waals surface area contributed by atoms with E-state index in [1.807, 2.05) is 6.92 Å². The van der Waals surface area contributed by atoms with Crippen LogP contribution in [0.5, 0.6) is 0 Å².